The van der Waals surface area contributed by atoms with Crippen LogP contribution in [0.25, 0.3) is 0 Å². The van der Waals surface area contributed by atoms with Crippen molar-refractivity contribution in [3.63, 3.8) is 0 Å². The number of thiazole rings is 1. The number of ether oxygens (including phenoxy) is 1. The Hall–Kier alpha value is -1.59. The average Bonchev–Trinajstić information content (AvgIpc) is 3.00. The van der Waals surface area contributed by atoms with Crippen molar-refractivity contribution in [2.75, 3.05) is 43.1 Å². The highest BCUT2D eigenvalue weighted by Gasteiger charge is 2.18. The molecule has 2 heterocycles. The standard InChI is InChI=1S/C17H23N3OS/c1-2-15-16(20-10-12-21-13-11-20)22-17(19-15)18-9-8-14-6-4-3-5-7-14/h3-7H,2,8-13H2,1H3,(H,18,19). The molecule has 0 saturated carbocycles. The SMILES string of the molecule is CCc1nc(NCCc2ccccc2)sc1N1CCOCC1. The molecule has 1 aliphatic rings. The first-order valence-electron chi connectivity index (χ1n) is 7.97. The molecule has 22 heavy (non-hydrogen) atoms. The number of rotatable bonds is 6. The van der Waals surface area contributed by atoms with Crippen molar-refractivity contribution in [3.8, 4) is 0 Å². The van der Waals surface area contributed by atoms with Crippen LogP contribution in [0.5, 0.6) is 0 Å². The summed E-state index contributed by atoms with van der Waals surface area (Å²) in [6, 6.07) is 10.6. The molecular weight excluding hydrogens is 294 g/mol. The molecule has 4 nitrogen and oxygen atoms in total. The van der Waals surface area contributed by atoms with Crippen LogP contribution in [0.4, 0.5) is 10.1 Å². The molecule has 0 bridgehead atoms. The van der Waals surface area contributed by atoms with Crippen molar-refractivity contribution in [2.45, 2.75) is 19.8 Å². The Labute approximate surface area is 136 Å². The van der Waals surface area contributed by atoms with Crippen LogP contribution in [0, 0.1) is 0 Å². The van der Waals surface area contributed by atoms with Crippen LogP contribution in [0.1, 0.15) is 18.2 Å². The number of morpholine rings is 1. The van der Waals surface area contributed by atoms with E-state index in [0.29, 0.717) is 0 Å². The summed E-state index contributed by atoms with van der Waals surface area (Å²) in [5.41, 5.74) is 2.56. The van der Waals surface area contributed by atoms with E-state index in [2.05, 4.69) is 47.5 Å². The lowest BCUT2D eigenvalue weighted by Gasteiger charge is -2.27. The quantitative estimate of drug-likeness (QED) is 0.888. The van der Waals surface area contributed by atoms with Crippen LogP contribution in [0.3, 0.4) is 0 Å². The minimum Gasteiger partial charge on any atom is -0.378 e. The van der Waals surface area contributed by atoms with E-state index < -0.39 is 0 Å². The summed E-state index contributed by atoms with van der Waals surface area (Å²) in [5.74, 6) is 0. The largest absolute Gasteiger partial charge is 0.378 e. The third kappa shape index (κ3) is 3.78. The number of anilines is 2. The van der Waals surface area contributed by atoms with E-state index in [-0.39, 0.29) is 0 Å². The molecule has 0 amide bonds. The maximum absolute atomic E-state index is 5.44. The molecule has 0 aliphatic carbocycles. The van der Waals surface area contributed by atoms with Gasteiger partial charge in [0.15, 0.2) is 5.13 Å². The van der Waals surface area contributed by atoms with Gasteiger partial charge in [-0.2, -0.15) is 0 Å². The predicted molar refractivity (Wildman–Crippen MR) is 93.2 cm³/mol. The Morgan fingerprint density at radius 2 is 2.00 bits per heavy atom. The van der Waals surface area contributed by atoms with Gasteiger partial charge in [0, 0.05) is 19.6 Å². The molecule has 1 fully saturated rings. The van der Waals surface area contributed by atoms with Crippen molar-refractivity contribution < 1.29 is 4.74 Å². The summed E-state index contributed by atoms with van der Waals surface area (Å²) in [5, 5.41) is 5.83. The molecule has 1 aromatic heterocycles. The molecule has 0 unspecified atom stereocenters. The van der Waals surface area contributed by atoms with Gasteiger partial charge in [0.05, 0.1) is 18.9 Å². The van der Waals surface area contributed by atoms with E-state index in [1.165, 1.54) is 16.3 Å². The van der Waals surface area contributed by atoms with E-state index in [1.807, 2.05) is 0 Å². The first-order valence-corrected chi connectivity index (χ1v) is 8.78. The van der Waals surface area contributed by atoms with Crippen molar-refractivity contribution in [3.05, 3.63) is 41.6 Å². The van der Waals surface area contributed by atoms with Crippen molar-refractivity contribution in [1.82, 2.24) is 4.98 Å². The van der Waals surface area contributed by atoms with E-state index in [1.54, 1.807) is 11.3 Å². The monoisotopic (exact) mass is 317 g/mol. The molecule has 5 heteroatoms. The van der Waals surface area contributed by atoms with Gasteiger partial charge in [-0.15, -0.1) is 0 Å². The Kier molecular flexibility index (Phi) is 5.29. The molecule has 1 N–H and O–H groups in total. The number of aryl methyl sites for hydroxylation is 1. The number of hydrogen-bond acceptors (Lipinski definition) is 5. The van der Waals surface area contributed by atoms with Gasteiger partial charge in [-0.25, -0.2) is 4.98 Å². The molecule has 0 spiro atoms. The zero-order chi connectivity index (χ0) is 15.2. The maximum Gasteiger partial charge on any atom is 0.184 e. The number of benzene rings is 1. The molecule has 1 saturated heterocycles. The lowest BCUT2D eigenvalue weighted by molar-refractivity contribution is 0.123. The van der Waals surface area contributed by atoms with Crippen LogP contribution >= 0.6 is 11.3 Å². The van der Waals surface area contributed by atoms with Gasteiger partial charge < -0.3 is 15.0 Å². The fraction of sp³-hybridized carbons (Fsp3) is 0.471. The third-order valence-electron chi connectivity index (χ3n) is 3.84. The molecular formula is C17H23N3OS. The van der Waals surface area contributed by atoms with Crippen molar-refractivity contribution >= 4 is 21.5 Å². The van der Waals surface area contributed by atoms with Gasteiger partial charge in [0.2, 0.25) is 0 Å². The van der Waals surface area contributed by atoms with Crippen LogP contribution < -0.4 is 10.2 Å². The Balaban J connectivity index is 1.60. The fourth-order valence-electron chi connectivity index (χ4n) is 2.62. The summed E-state index contributed by atoms with van der Waals surface area (Å²) in [4.78, 5) is 7.17. The summed E-state index contributed by atoms with van der Waals surface area (Å²) in [7, 11) is 0. The predicted octanol–water partition coefficient (Wildman–Crippen LogP) is 3.20. The summed E-state index contributed by atoms with van der Waals surface area (Å²) < 4.78 is 5.44. The van der Waals surface area contributed by atoms with Crippen LogP contribution in [-0.4, -0.2) is 37.8 Å². The van der Waals surface area contributed by atoms with Crippen LogP contribution in [-0.2, 0) is 17.6 Å². The van der Waals surface area contributed by atoms with E-state index in [9.17, 15) is 0 Å². The van der Waals surface area contributed by atoms with E-state index in [0.717, 1.165) is 50.8 Å². The van der Waals surface area contributed by atoms with Gasteiger partial charge in [0.25, 0.3) is 0 Å². The first kappa shape index (κ1) is 15.3. The average molecular weight is 317 g/mol. The molecule has 2 aromatic rings. The van der Waals surface area contributed by atoms with Gasteiger partial charge >= 0.3 is 0 Å². The molecule has 3 rings (SSSR count). The summed E-state index contributed by atoms with van der Waals surface area (Å²) in [6.07, 6.45) is 2.00. The van der Waals surface area contributed by atoms with Gasteiger partial charge in [-0.1, -0.05) is 48.6 Å². The highest BCUT2D eigenvalue weighted by molar-refractivity contribution is 7.19. The third-order valence-corrected chi connectivity index (χ3v) is 4.96. The minimum atomic E-state index is 0.817. The zero-order valence-corrected chi connectivity index (χ0v) is 13.9. The Morgan fingerprint density at radius 1 is 1.23 bits per heavy atom. The second-order valence-corrected chi connectivity index (χ2v) is 6.36. The number of nitrogens with zero attached hydrogens (tertiary/aromatic N) is 2. The zero-order valence-electron chi connectivity index (χ0n) is 13.0. The van der Waals surface area contributed by atoms with Crippen LogP contribution in [0.2, 0.25) is 0 Å². The van der Waals surface area contributed by atoms with E-state index >= 15 is 0 Å². The Bertz CT molecular complexity index is 579. The number of aromatic nitrogens is 1. The van der Waals surface area contributed by atoms with Crippen molar-refractivity contribution in [1.29, 1.82) is 0 Å². The number of hydrogen-bond donors (Lipinski definition) is 1. The highest BCUT2D eigenvalue weighted by atomic mass is 32.1. The second kappa shape index (κ2) is 7.61. The fourth-order valence-corrected chi connectivity index (χ4v) is 3.75. The Morgan fingerprint density at radius 3 is 2.73 bits per heavy atom. The smallest absolute Gasteiger partial charge is 0.184 e. The van der Waals surface area contributed by atoms with E-state index in [4.69, 9.17) is 9.72 Å². The lowest BCUT2D eigenvalue weighted by atomic mass is 10.1. The van der Waals surface area contributed by atoms with Gasteiger partial charge in [-0.05, 0) is 18.4 Å². The molecule has 1 aliphatic heterocycles. The molecule has 0 radical (unpaired) electrons. The molecule has 1 aromatic carbocycles. The lowest BCUT2D eigenvalue weighted by Crippen LogP contribution is -2.36. The summed E-state index contributed by atoms with van der Waals surface area (Å²) >= 11 is 1.77. The second-order valence-electron chi connectivity index (χ2n) is 5.39. The van der Waals surface area contributed by atoms with Gasteiger partial charge in [0.1, 0.15) is 5.00 Å². The van der Waals surface area contributed by atoms with Gasteiger partial charge in [-0.3, -0.25) is 0 Å². The van der Waals surface area contributed by atoms with Crippen molar-refractivity contribution in [2.24, 2.45) is 0 Å². The summed E-state index contributed by atoms with van der Waals surface area (Å²) in [6.45, 7) is 6.67. The first-order chi connectivity index (χ1) is 10.9. The maximum atomic E-state index is 5.44. The minimum absolute atomic E-state index is 0.817. The molecule has 118 valence electrons. The number of nitrogens with one attached hydrogen (secondary N) is 1. The topological polar surface area (TPSA) is 37.4 Å². The highest BCUT2D eigenvalue weighted by Crippen LogP contribution is 2.32. The molecule has 0 atom stereocenters. The normalized spacial score (nSPS) is 15.0. The van der Waals surface area contributed by atoms with Crippen LogP contribution in [0.15, 0.2) is 30.3 Å².